The van der Waals surface area contributed by atoms with Gasteiger partial charge in [-0.05, 0) is 24.3 Å². The van der Waals surface area contributed by atoms with Gasteiger partial charge in [-0.2, -0.15) is 9.40 Å². The van der Waals surface area contributed by atoms with Crippen LogP contribution in [0.5, 0.6) is 5.75 Å². The van der Waals surface area contributed by atoms with Crippen molar-refractivity contribution in [2.75, 3.05) is 50.5 Å². The molecule has 4 rings (SSSR count). The molecule has 0 atom stereocenters. The second-order valence-corrected chi connectivity index (χ2v) is 9.56. The summed E-state index contributed by atoms with van der Waals surface area (Å²) in [4.78, 5) is 19.0. The molecule has 1 aliphatic heterocycles. The Balaban J connectivity index is 1.32. The third-order valence-electron chi connectivity index (χ3n) is 5.39. The van der Waals surface area contributed by atoms with Gasteiger partial charge in [0.25, 0.3) is 5.91 Å². The maximum absolute atomic E-state index is 12.8. The highest BCUT2D eigenvalue weighted by Crippen LogP contribution is 2.19. The van der Waals surface area contributed by atoms with Crippen LogP contribution in [0.3, 0.4) is 0 Å². The fourth-order valence-electron chi connectivity index (χ4n) is 3.62. The first-order chi connectivity index (χ1) is 16.0. The van der Waals surface area contributed by atoms with E-state index in [0.29, 0.717) is 31.9 Å². The Labute approximate surface area is 192 Å². The lowest BCUT2D eigenvalue weighted by atomic mass is 10.3. The van der Waals surface area contributed by atoms with E-state index in [9.17, 15) is 13.2 Å². The van der Waals surface area contributed by atoms with Gasteiger partial charge in [0.2, 0.25) is 10.0 Å². The first-order valence-corrected chi connectivity index (χ1v) is 12.2. The number of pyridine rings is 1. The average molecular weight is 471 g/mol. The maximum Gasteiger partial charge on any atom is 0.275 e. The van der Waals surface area contributed by atoms with E-state index in [1.807, 2.05) is 48.5 Å². The van der Waals surface area contributed by atoms with E-state index in [1.165, 1.54) is 11.4 Å². The van der Waals surface area contributed by atoms with E-state index in [4.69, 9.17) is 4.74 Å². The van der Waals surface area contributed by atoms with Gasteiger partial charge >= 0.3 is 0 Å². The summed E-state index contributed by atoms with van der Waals surface area (Å²) in [6.45, 7) is 1.86. The normalized spacial score (nSPS) is 14.8. The summed E-state index contributed by atoms with van der Waals surface area (Å²) in [6, 6.07) is 15.0. The van der Waals surface area contributed by atoms with Crippen molar-refractivity contribution in [1.82, 2.24) is 24.4 Å². The van der Waals surface area contributed by atoms with Crippen LogP contribution in [0.15, 0.2) is 60.9 Å². The third kappa shape index (κ3) is 5.32. The van der Waals surface area contributed by atoms with Gasteiger partial charge in [0.05, 0.1) is 24.7 Å². The number of anilines is 1. The number of methoxy groups -OCH3 is 1. The number of carbonyl (C=O) groups excluding carboxylic acids is 1. The number of carbonyl (C=O) groups is 1. The van der Waals surface area contributed by atoms with Crippen molar-refractivity contribution in [3.63, 3.8) is 0 Å². The van der Waals surface area contributed by atoms with Crippen LogP contribution in [0.2, 0.25) is 0 Å². The number of rotatable bonds is 8. The predicted molar refractivity (Wildman–Crippen MR) is 124 cm³/mol. The number of piperazine rings is 1. The number of nitrogens with zero attached hydrogens (tertiary/aromatic N) is 5. The number of aromatic nitrogens is 3. The average Bonchev–Trinajstić information content (AvgIpc) is 3.30. The molecule has 11 heteroatoms. The Morgan fingerprint density at radius 2 is 1.79 bits per heavy atom. The molecule has 0 unspecified atom stereocenters. The van der Waals surface area contributed by atoms with Crippen molar-refractivity contribution in [1.29, 1.82) is 0 Å². The van der Waals surface area contributed by atoms with Crippen LogP contribution >= 0.6 is 0 Å². The first-order valence-electron chi connectivity index (χ1n) is 10.6. The number of hydrogen-bond donors (Lipinski definition) is 1. The van der Waals surface area contributed by atoms with Gasteiger partial charge in [-0.3, -0.25) is 4.79 Å². The second-order valence-electron chi connectivity index (χ2n) is 7.47. The van der Waals surface area contributed by atoms with Gasteiger partial charge in [0.15, 0.2) is 11.4 Å². The highest BCUT2D eigenvalue weighted by molar-refractivity contribution is 7.89. The van der Waals surface area contributed by atoms with Crippen LogP contribution in [0, 0.1) is 0 Å². The van der Waals surface area contributed by atoms with E-state index in [1.54, 1.807) is 17.1 Å². The minimum Gasteiger partial charge on any atom is -0.493 e. The zero-order valence-electron chi connectivity index (χ0n) is 18.3. The Hall–Kier alpha value is -3.44. The van der Waals surface area contributed by atoms with Gasteiger partial charge in [-0.15, -0.1) is 0 Å². The molecule has 1 amide bonds. The van der Waals surface area contributed by atoms with Crippen molar-refractivity contribution in [3.8, 4) is 11.4 Å². The summed E-state index contributed by atoms with van der Waals surface area (Å²) < 4.78 is 33.8. The number of ether oxygens (including phenoxy) is 1. The Kier molecular flexibility index (Phi) is 6.90. The molecule has 1 saturated heterocycles. The van der Waals surface area contributed by atoms with Gasteiger partial charge < -0.3 is 15.0 Å². The molecular formula is C22H26N6O4S. The summed E-state index contributed by atoms with van der Waals surface area (Å²) in [5.74, 6) is 0.469. The monoisotopic (exact) mass is 470 g/mol. The third-order valence-corrected chi connectivity index (χ3v) is 7.26. The lowest BCUT2D eigenvalue weighted by molar-refractivity contribution is 0.0947. The molecule has 1 aromatic carbocycles. The van der Waals surface area contributed by atoms with E-state index >= 15 is 0 Å². The van der Waals surface area contributed by atoms with Gasteiger partial charge in [-0.1, -0.05) is 24.3 Å². The number of hydrogen-bond acceptors (Lipinski definition) is 7. The highest BCUT2D eigenvalue weighted by atomic mass is 32.2. The van der Waals surface area contributed by atoms with Gasteiger partial charge in [0.1, 0.15) is 5.82 Å². The lowest BCUT2D eigenvalue weighted by Crippen LogP contribution is -2.50. The SMILES string of the molecule is COc1cn(-c2ccccc2)nc1C(=O)NCCS(=O)(=O)N1CCN(c2ccccn2)CC1. The summed E-state index contributed by atoms with van der Waals surface area (Å²) in [7, 11) is -2.05. The van der Waals surface area contributed by atoms with Crippen molar-refractivity contribution in [3.05, 3.63) is 66.6 Å². The minimum absolute atomic E-state index is 0.0248. The number of nitrogens with one attached hydrogen (secondary N) is 1. The van der Waals surface area contributed by atoms with Crippen LogP contribution in [-0.2, 0) is 10.0 Å². The molecule has 0 aliphatic carbocycles. The van der Waals surface area contributed by atoms with E-state index in [0.717, 1.165) is 11.5 Å². The standard InChI is InChI=1S/C22H26N6O4S/c1-32-19-17-28(18-7-3-2-4-8-18)25-21(19)22(29)24-11-16-33(30,31)27-14-12-26(13-15-27)20-9-5-6-10-23-20/h2-10,17H,11-16H2,1H3,(H,24,29). The van der Waals surface area contributed by atoms with Crippen LogP contribution in [0.25, 0.3) is 5.69 Å². The topological polar surface area (TPSA) is 110 Å². The van der Waals surface area contributed by atoms with E-state index in [-0.39, 0.29) is 18.0 Å². The fraction of sp³-hybridized carbons (Fsp3) is 0.318. The number of sulfonamides is 1. The molecule has 0 saturated carbocycles. The number of benzene rings is 1. The molecule has 1 N–H and O–H groups in total. The molecule has 0 radical (unpaired) electrons. The zero-order valence-corrected chi connectivity index (χ0v) is 19.1. The Morgan fingerprint density at radius 1 is 1.06 bits per heavy atom. The molecule has 2 aromatic heterocycles. The summed E-state index contributed by atoms with van der Waals surface area (Å²) in [6.07, 6.45) is 3.33. The molecule has 0 bridgehead atoms. The van der Waals surface area contributed by atoms with Gasteiger partial charge in [-0.25, -0.2) is 18.1 Å². The van der Waals surface area contributed by atoms with Crippen LogP contribution in [0.4, 0.5) is 5.82 Å². The predicted octanol–water partition coefficient (Wildman–Crippen LogP) is 1.16. The second kappa shape index (κ2) is 10.0. The fourth-order valence-corrected chi connectivity index (χ4v) is 4.96. The Morgan fingerprint density at radius 3 is 2.45 bits per heavy atom. The summed E-state index contributed by atoms with van der Waals surface area (Å²) in [5, 5.41) is 6.95. The van der Waals surface area contributed by atoms with E-state index in [2.05, 4.69) is 20.3 Å². The van der Waals surface area contributed by atoms with Gasteiger partial charge in [0, 0.05) is 38.9 Å². The summed E-state index contributed by atoms with van der Waals surface area (Å²) >= 11 is 0. The molecule has 1 fully saturated rings. The molecule has 0 spiro atoms. The van der Waals surface area contributed by atoms with Crippen LogP contribution in [0.1, 0.15) is 10.5 Å². The van der Waals surface area contributed by atoms with Crippen molar-refractivity contribution in [2.45, 2.75) is 0 Å². The highest BCUT2D eigenvalue weighted by Gasteiger charge is 2.27. The number of para-hydroxylation sites is 1. The van der Waals surface area contributed by atoms with E-state index < -0.39 is 15.9 Å². The molecule has 3 heterocycles. The van der Waals surface area contributed by atoms with Crippen molar-refractivity contribution in [2.24, 2.45) is 0 Å². The van der Waals surface area contributed by atoms with Crippen molar-refractivity contribution >= 4 is 21.7 Å². The lowest BCUT2D eigenvalue weighted by Gasteiger charge is -2.34. The van der Waals surface area contributed by atoms with Crippen LogP contribution < -0.4 is 15.0 Å². The van der Waals surface area contributed by atoms with Crippen molar-refractivity contribution < 1.29 is 17.9 Å². The molecule has 1 aliphatic rings. The number of amides is 1. The molecular weight excluding hydrogens is 444 g/mol. The zero-order chi connectivity index (χ0) is 23.3. The molecule has 33 heavy (non-hydrogen) atoms. The smallest absolute Gasteiger partial charge is 0.275 e. The molecule has 174 valence electrons. The molecule has 10 nitrogen and oxygen atoms in total. The quantitative estimate of drug-likeness (QED) is 0.526. The maximum atomic E-state index is 12.8. The van der Waals surface area contributed by atoms with Crippen LogP contribution in [-0.4, -0.2) is 79.0 Å². The minimum atomic E-state index is -3.51. The summed E-state index contributed by atoms with van der Waals surface area (Å²) in [5.41, 5.74) is 0.880. The molecule has 3 aromatic rings. The first kappa shape index (κ1) is 22.7. The Bertz CT molecular complexity index is 1180. The largest absolute Gasteiger partial charge is 0.493 e.